The van der Waals surface area contributed by atoms with Gasteiger partial charge in [0.15, 0.2) is 11.5 Å². The van der Waals surface area contributed by atoms with Crippen molar-refractivity contribution in [3.63, 3.8) is 0 Å². The molecule has 0 unspecified atom stereocenters. The Morgan fingerprint density at radius 3 is 2.79 bits per heavy atom. The minimum Gasteiger partial charge on any atom is -0.454 e. The number of amides is 1. The molecule has 0 aliphatic carbocycles. The van der Waals surface area contributed by atoms with Gasteiger partial charge in [-0.3, -0.25) is 9.48 Å². The molecule has 144 valence electrons. The van der Waals surface area contributed by atoms with Crippen LogP contribution in [0.2, 0.25) is 0 Å². The Balaban J connectivity index is 1.41. The Morgan fingerprint density at radius 1 is 1.11 bits per heavy atom. The van der Waals surface area contributed by atoms with Gasteiger partial charge in [0.25, 0.3) is 0 Å². The highest BCUT2D eigenvalue weighted by Crippen LogP contribution is 2.37. The number of hydrogen-bond acceptors (Lipinski definition) is 5. The number of carbonyl (C=O) groups is 1. The highest BCUT2D eigenvalue weighted by Gasteiger charge is 2.21. The number of nitrogens with one attached hydrogen (secondary N) is 1. The SMILES string of the molecule is O=C(C[C@@H](c1ccccc1)c1ccc2c(c1)OCO2)NCCCn1cncn1. The van der Waals surface area contributed by atoms with Gasteiger partial charge >= 0.3 is 0 Å². The fourth-order valence-electron chi connectivity index (χ4n) is 3.32. The van der Waals surface area contributed by atoms with Crippen molar-refractivity contribution in [1.82, 2.24) is 20.1 Å². The second-order valence-electron chi connectivity index (χ2n) is 6.64. The van der Waals surface area contributed by atoms with Crippen LogP contribution in [0.5, 0.6) is 11.5 Å². The molecule has 2 heterocycles. The first kappa shape index (κ1) is 18.0. The predicted molar refractivity (Wildman–Crippen MR) is 103 cm³/mol. The lowest BCUT2D eigenvalue weighted by Gasteiger charge is -2.18. The van der Waals surface area contributed by atoms with Crippen LogP contribution in [0.1, 0.15) is 29.9 Å². The molecule has 1 N–H and O–H groups in total. The molecule has 1 atom stereocenters. The summed E-state index contributed by atoms with van der Waals surface area (Å²) < 4.78 is 12.7. The number of nitrogens with zero attached hydrogens (tertiary/aromatic N) is 3. The predicted octanol–water partition coefficient (Wildman–Crippen LogP) is 2.74. The molecule has 7 nitrogen and oxygen atoms in total. The fourth-order valence-corrected chi connectivity index (χ4v) is 3.32. The molecule has 1 aliphatic heterocycles. The third-order valence-corrected chi connectivity index (χ3v) is 4.74. The van der Waals surface area contributed by atoms with E-state index in [-0.39, 0.29) is 18.6 Å². The van der Waals surface area contributed by atoms with Gasteiger partial charge in [-0.15, -0.1) is 0 Å². The first-order valence-corrected chi connectivity index (χ1v) is 9.33. The van der Waals surface area contributed by atoms with Gasteiger partial charge in [0.2, 0.25) is 12.7 Å². The lowest BCUT2D eigenvalue weighted by molar-refractivity contribution is -0.121. The fraction of sp³-hybridized carbons (Fsp3) is 0.286. The summed E-state index contributed by atoms with van der Waals surface area (Å²) in [6, 6.07) is 15.9. The summed E-state index contributed by atoms with van der Waals surface area (Å²) in [5, 5.41) is 7.07. The summed E-state index contributed by atoms with van der Waals surface area (Å²) in [6.07, 6.45) is 4.35. The smallest absolute Gasteiger partial charge is 0.231 e. The van der Waals surface area contributed by atoms with Crippen LogP contribution in [-0.2, 0) is 11.3 Å². The number of aryl methyl sites for hydroxylation is 1. The molecule has 0 fully saturated rings. The van der Waals surface area contributed by atoms with Crippen LogP contribution in [0, 0.1) is 0 Å². The highest BCUT2D eigenvalue weighted by molar-refractivity contribution is 5.77. The van der Waals surface area contributed by atoms with Crippen molar-refractivity contribution in [1.29, 1.82) is 0 Å². The lowest BCUT2D eigenvalue weighted by atomic mass is 9.88. The maximum absolute atomic E-state index is 12.6. The van der Waals surface area contributed by atoms with Crippen LogP contribution >= 0.6 is 0 Å². The summed E-state index contributed by atoms with van der Waals surface area (Å²) in [5.74, 6) is 1.44. The maximum atomic E-state index is 12.6. The normalized spacial score (nSPS) is 13.3. The van der Waals surface area contributed by atoms with E-state index in [1.54, 1.807) is 11.0 Å². The molecule has 0 radical (unpaired) electrons. The third-order valence-electron chi connectivity index (χ3n) is 4.74. The average molecular weight is 378 g/mol. The van der Waals surface area contributed by atoms with Crippen LogP contribution in [0.15, 0.2) is 61.2 Å². The Labute approximate surface area is 163 Å². The van der Waals surface area contributed by atoms with Crippen molar-refractivity contribution in [2.24, 2.45) is 0 Å². The van der Waals surface area contributed by atoms with Gasteiger partial charge in [0.05, 0.1) is 0 Å². The highest BCUT2D eigenvalue weighted by atomic mass is 16.7. The Bertz CT molecular complexity index is 913. The van der Waals surface area contributed by atoms with E-state index in [2.05, 4.69) is 15.4 Å². The van der Waals surface area contributed by atoms with Crippen molar-refractivity contribution >= 4 is 5.91 Å². The minimum atomic E-state index is -0.0500. The molecule has 0 saturated carbocycles. The number of rotatable bonds is 8. The summed E-state index contributed by atoms with van der Waals surface area (Å²) >= 11 is 0. The van der Waals surface area contributed by atoms with E-state index in [1.807, 2.05) is 48.5 Å². The summed E-state index contributed by atoms with van der Waals surface area (Å²) in [5.41, 5.74) is 2.13. The summed E-state index contributed by atoms with van der Waals surface area (Å²) in [4.78, 5) is 16.5. The zero-order valence-corrected chi connectivity index (χ0v) is 15.5. The van der Waals surface area contributed by atoms with Gasteiger partial charge < -0.3 is 14.8 Å². The first-order valence-electron chi connectivity index (χ1n) is 9.33. The molecule has 1 amide bonds. The van der Waals surface area contributed by atoms with E-state index in [9.17, 15) is 4.79 Å². The molecule has 1 aromatic heterocycles. The Morgan fingerprint density at radius 2 is 1.96 bits per heavy atom. The van der Waals surface area contributed by atoms with Crippen LogP contribution < -0.4 is 14.8 Å². The van der Waals surface area contributed by atoms with Crippen molar-refractivity contribution < 1.29 is 14.3 Å². The van der Waals surface area contributed by atoms with Crippen LogP contribution in [0.3, 0.4) is 0 Å². The molecule has 4 rings (SSSR count). The van der Waals surface area contributed by atoms with Crippen LogP contribution in [0.4, 0.5) is 0 Å². The molecular weight excluding hydrogens is 356 g/mol. The van der Waals surface area contributed by atoms with E-state index < -0.39 is 0 Å². The topological polar surface area (TPSA) is 78.3 Å². The molecule has 7 heteroatoms. The van der Waals surface area contributed by atoms with Crippen molar-refractivity contribution in [3.8, 4) is 11.5 Å². The third kappa shape index (κ3) is 4.31. The number of carbonyl (C=O) groups excluding carboxylic acids is 1. The average Bonchev–Trinajstić information content (AvgIpc) is 3.41. The van der Waals surface area contributed by atoms with Crippen LogP contribution in [0.25, 0.3) is 0 Å². The van der Waals surface area contributed by atoms with Crippen molar-refractivity contribution in [2.75, 3.05) is 13.3 Å². The number of hydrogen-bond donors (Lipinski definition) is 1. The summed E-state index contributed by atoms with van der Waals surface area (Å²) in [7, 11) is 0. The van der Waals surface area contributed by atoms with E-state index in [0.29, 0.717) is 13.0 Å². The van der Waals surface area contributed by atoms with Gasteiger partial charge in [-0.2, -0.15) is 5.10 Å². The molecule has 1 aliphatic rings. The van der Waals surface area contributed by atoms with Crippen LogP contribution in [-0.4, -0.2) is 34.0 Å². The summed E-state index contributed by atoms with van der Waals surface area (Å²) in [6.45, 7) is 1.56. The quantitative estimate of drug-likeness (QED) is 0.610. The van der Waals surface area contributed by atoms with Gasteiger partial charge in [0, 0.05) is 25.4 Å². The van der Waals surface area contributed by atoms with E-state index in [4.69, 9.17) is 9.47 Å². The van der Waals surface area contributed by atoms with Gasteiger partial charge in [-0.05, 0) is 29.7 Å². The standard InChI is InChI=1S/C21H22N4O3/c26-21(23-9-4-10-25-14-22-13-24-25)12-18(16-5-2-1-3-6-16)17-7-8-19-20(11-17)28-15-27-19/h1-3,5-8,11,13-14,18H,4,9-10,12,15H2,(H,23,26)/t18-/m0/s1. The van der Waals surface area contributed by atoms with Gasteiger partial charge in [0.1, 0.15) is 12.7 Å². The molecule has 0 saturated heterocycles. The second-order valence-corrected chi connectivity index (χ2v) is 6.64. The maximum Gasteiger partial charge on any atom is 0.231 e. The van der Waals surface area contributed by atoms with Gasteiger partial charge in [-0.1, -0.05) is 36.4 Å². The van der Waals surface area contributed by atoms with E-state index >= 15 is 0 Å². The van der Waals surface area contributed by atoms with Gasteiger partial charge in [-0.25, -0.2) is 4.98 Å². The Hall–Kier alpha value is -3.35. The lowest BCUT2D eigenvalue weighted by Crippen LogP contribution is -2.27. The first-order chi connectivity index (χ1) is 13.8. The largest absolute Gasteiger partial charge is 0.454 e. The minimum absolute atomic E-state index is 0.0186. The number of ether oxygens (including phenoxy) is 2. The molecule has 0 bridgehead atoms. The molecular formula is C21H22N4O3. The molecule has 28 heavy (non-hydrogen) atoms. The molecule has 2 aromatic carbocycles. The second kappa shape index (κ2) is 8.56. The monoisotopic (exact) mass is 378 g/mol. The zero-order valence-electron chi connectivity index (χ0n) is 15.5. The number of aromatic nitrogens is 3. The molecule has 3 aromatic rings. The van der Waals surface area contributed by atoms with Crippen molar-refractivity contribution in [2.45, 2.75) is 25.3 Å². The number of fused-ring (bicyclic) bond motifs is 1. The van der Waals surface area contributed by atoms with E-state index in [1.165, 1.54) is 6.33 Å². The molecule has 0 spiro atoms. The Kier molecular flexibility index (Phi) is 5.51. The zero-order chi connectivity index (χ0) is 19.2. The van der Waals surface area contributed by atoms with E-state index in [0.717, 1.165) is 35.6 Å². The van der Waals surface area contributed by atoms with Crippen molar-refractivity contribution in [3.05, 3.63) is 72.3 Å². The number of benzene rings is 2.